The molecule has 1 aliphatic rings. The van der Waals surface area contributed by atoms with Crippen molar-refractivity contribution in [1.82, 2.24) is 35.2 Å². The Kier molecular flexibility index (Phi) is 7.89. The van der Waals surface area contributed by atoms with E-state index in [-0.39, 0.29) is 6.10 Å². The van der Waals surface area contributed by atoms with E-state index >= 15 is 0 Å². The van der Waals surface area contributed by atoms with Gasteiger partial charge in [-0.1, -0.05) is 12.1 Å². The predicted molar refractivity (Wildman–Crippen MR) is 143 cm³/mol. The smallest absolute Gasteiger partial charge is 0.357 e. The summed E-state index contributed by atoms with van der Waals surface area (Å²) in [5, 5.41) is 6.54. The summed E-state index contributed by atoms with van der Waals surface area (Å²) in [5.74, 6) is 2.34. The van der Waals surface area contributed by atoms with Gasteiger partial charge >= 0.3 is 5.97 Å². The van der Waals surface area contributed by atoms with Crippen molar-refractivity contribution in [2.45, 2.75) is 39.2 Å². The zero-order valence-corrected chi connectivity index (χ0v) is 21.5. The zero-order valence-electron chi connectivity index (χ0n) is 21.5. The topological polar surface area (TPSA) is 128 Å². The van der Waals surface area contributed by atoms with Gasteiger partial charge in [-0.2, -0.15) is 0 Å². The number of esters is 1. The minimum atomic E-state index is -0.393. The lowest BCUT2D eigenvalue weighted by atomic mass is 9.93. The van der Waals surface area contributed by atoms with Gasteiger partial charge in [-0.3, -0.25) is 0 Å². The molecule has 0 aromatic carbocycles. The summed E-state index contributed by atoms with van der Waals surface area (Å²) in [4.78, 5) is 39.3. The summed E-state index contributed by atoms with van der Waals surface area (Å²) in [6.07, 6.45) is 7.40. The fourth-order valence-electron chi connectivity index (χ4n) is 4.38. The maximum absolute atomic E-state index is 12.6. The Morgan fingerprint density at radius 1 is 1.00 bits per heavy atom. The number of hydrogen-bond acceptors (Lipinski definition) is 10. The van der Waals surface area contributed by atoms with Crippen LogP contribution in [0.2, 0.25) is 0 Å². The fraction of sp³-hybridized carbons (Fsp3) is 0.321. The van der Waals surface area contributed by atoms with Crippen LogP contribution in [0.5, 0.6) is 0 Å². The first kappa shape index (κ1) is 25.3. The number of rotatable bonds is 8. The predicted octanol–water partition coefficient (Wildman–Crippen LogP) is 3.91. The number of nitrogens with one attached hydrogen (secondary N) is 2. The molecule has 0 aliphatic carbocycles. The van der Waals surface area contributed by atoms with Crippen LogP contribution in [0.25, 0.3) is 11.5 Å². The monoisotopic (exact) mass is 510 g/mol. The maximum Gasteiger partial charge on any atom is 0.357 e. The molecule has 194 valence electrons. The van der Waals surface area contributed by atoms with Gasteiger partial charge in [0, 0.05) is 30.7 Å². The number of carbonyl (C=O) groups excluding carboxylic acids is 1. The van der Waals surface area contributed by atoms with E-state index in [2.05, 4.69) is 40.5 Å². The van der Waals surface area contributed by atoms with Gasteiger partial charge in [0.15, 0.2) is 5.82 Å². The molecule has 0 bridgehead atoms. The number of pyridine rings is 2. The lowest BCUT2D eigenvalue weighted by Crippen LogP contribution is -2.35. The molecule has 0 radical (unpaired) electrons. The average Bonchev–Trinajstić information content (AvgIpc) is 2.94. The molecule has 1 saturated heterocycles. The van der Waals surface area contributed by atoms with Crippen molar-refractivity contribution in [2.75, 3.05) is 18.4 Å². The number of ether oxygens (including phenoxy) is 1. The summed E-state index contributed by atoms with van der Waals surface area (Å²) < 4.78 is 5.67. The van der Waals surface area contributed by atoms with Crippen LogP contribution in [-0.4, -0.2) is 55.1 Å². The molecule has 4 aromatic heterocycles. The van der Waals surface area contributed by atoms with Gasteiger partial charge < -0.3 is 15.4 Å². The minimum Gasteiger partial charge on any atom is -0.458 e. The largest absolute Gasteiger partial charge is 0.458 e. The molecule has 4 aromatic rings. The molecule has 1 atom stereocenters. The molecule has 2 N–H and O–H groups in total. The molecular formula is C28H30N8O2. The number of piperidine rings is 1. The van der Waals surface area contributed by atoms with Crippen LogP contribution in [-0.2, 0) is 11.2 Å². The van der Waals surface area contributed by atoms with Crippen molar-refractivity contribution >= 4 is 17.6 Å². The van der Waals surface area contributed by atoms with E-state index < -0.39 is 5.97 Å². The van der Waals surface area contributed by atoms with Gasteiger partial charge in [0.1, 0.15) is 35.0 Å². The molecule has 1 fully saturated rings. The summed E-state index contributed by atoms with van der Waals surface area (Å²) in [5.41, 5.74) is 2.79. The van der Waals surface area contributed by atoms with Crippen LogP contribution in [0.1, 0.15) is 47.3 Å². The van der Waals surface area contributed by atoms with E-state index in [0.29, 0.717) is 47.0 Å². The van der Waals surface area contributed by atoms with E-state index in [1.54, 1.807) is 36.8 Å². The Morgan fingerprint density at radius 2 is 1.79 bits per heavy atom. The van der Waals surface area contributed by atoms with E-state index in [9.17, 15) is 4.79 Å². The highest BCUT2D eigenvalue weighted by Crippen LogP contribution is 2.20. The number of aromatic nitrogens is 6. The minimum absolute atomic E-state index is 0.131. The summed E-state index contributed by atoms with van der Waals surface area (Å²) >= 11 is 0. The average molecular weight is 511 g/mol. The molecule has 5 heterocycles. The summed E-state index contributed by atoms with van der Waals surface area (Å²) in [6.45, 7) is 5.81. The summed E-state index contributed by atoms with van der Waals surface area (Å²) in [7, 11) is 0. The highest BCUT2D eigenvalue weighted by atomic mass is 16.5. The molecule has 0 saturated carbocycles. The van der Waals surface area contributed by atoms with E-state index in [1.807, 2.05) is 38.1 Å². The van der Waals surface area contributed by atoms with E-state index in [4.69, 9.17) is 4.74 Å². The van der Waals surface area contributed by atoms with Gasteiger partial charge in [0.25, 0.3) is 0 Å². The van der Waals surface area contributed by atoms with Crippen molar-refractivity contribution < 1.29 is 9.53 Å². The second-order valence-electron chi connectivity index (χ2n) is 9.34. The van der Waals surface area contributed by atoms with Crippen LogP contribution in [0.15, 0.2) is 61.1 Å². The number of hydrogen-bond donors (Lipinski definition) is 2. The van der Waals surface area contributed by atoms with Crippen molar-refractivity contribution in [3.8, 4) is 11.5 Å². The highest BCUT2D eigenvalue weighted by Gasteiger charge is 2.24. The Balaban J connectivity index is 1.21. The first-order valence-corrected chi connectivity index (χ1v) is 12.8. The molecule has 0 unspecified atom stereocenters. The van der Waals surface area contributed by atoms with Crippen molar-refractivity contribution in [3.63, 3.8) is 0 Å². The van der Waals surface area contributed by atoms with Crippen LogP contribution in [0.4, 0.5) is 11.6 Å². The number of nitrogens with zero attached hydrogens (tertiary/aromatic N) is 6. The normalized spacial score (nSPS) is 14.6. The number of aryl methyl sites for hydroxylation is 1. The van der Waals surface area contributed by atoms with Crippen LogP contribution >= 0.6 is 0 Å². The first-order valence-electron chi connectivity index (χ1n) is 12.8. The van der Waals surface area contributed by atoms with Crippen LogP contribution in [0, 0.1) is 12.8 Å². The van der Waals surface area contributed by atoms with E-state index in [1.165, 1.54) is 0 Å². The Labute approximate surface area is 221 Å². The molecule has 5 rings (SSSR count). The lowest BCUT2D eigenvalue weighted by Gasteiger charge is -2.27. The van der Waals surface area contributed by atoms with Gasteiger partial charge in [-0.15, -0.1) is 0 Å². The maximum atomic E-state index is 12.6. The standard InChI is InChI=1S/C28H30N8O2/c1-18-4-3-5-22(33-18)27-31-15-11-25(36-27)34-24-10-14-30-26(35-24)16-20-6-7-23(32-17-20)28(37)38-19(2)21-8-12-29-13-9-21/h3-7,10-11,14-15,17,19,21,29H,8-9,12-13,16H2,1-2H3,(H,30,31,34,35,36)/t19-/m1/s1. The molecule has 10 heteroatoms. The third kappa shape index (κ3) is 6.51. The molecular weight excluding hydrogens is 480 g/mol. The van der Waals surface area contributed by atoms with Gasteiger partial charge in [0.05, 0.1) is 0 Å². The number of carbonyl (C=O) groups is 1. The summed E-state index contributed by atoms with van der Waals surface area (Å²) in [6, 6.07) is 12.8. The van der Waals surface area contributed by atoms with E-state index in [0.717, 1.165) is 37.2 Å². The second-order valence-corrected chi connectivity index (χ2v) is 9.34. The third-order valence-corrected chi connectivity index (χ3v) is 6.47. The van der Waals surface area contributed by atoms with Crippen LogP contribution < -0.4 is 10.6 Å². The van der Waals surface area contributed by atoms with Crippen molar-refractivity contribution in [1.29, 1.82) is 0 Å². The fourth-order valence-corrected chi connectivity index (χ4v) is 4.38. The van der Waals surface area contributed by atoms with Crippen molar-refractivity contribution in [3.05, 3.63) is 83.8 Å². The molecule has 10 nitrogen and oxygen atoms in total. The Hall–Kier alpha value is -4.31. The number of anilines is 2. The SMILES string of the molecule is Cc1cccc(-c2nccc(Nc3ccnc(Cc4ccc(C(=O)O[C@H](C)C5CCNCC5)nc4)n3)n2)n1. The third-order valence-electron chi connectivity index (χ3n) is 6.47. The van der Waals surface area contributed by atoms with Gasteiger partial charge in [-0.25, -0.2) is 34.7 Å². The second kappa shape index (κ2) is 11.8. The van der Waals surface area contributed by atoms with Gasteiger partial charge in [0.2, 0.25) is 0 Å². The Morgan fingerprint density at radius 3 is 2.55 bits per heavy atom. The zero-order chi connectivity index (χ0) is 26.3. The lowest BCUT2D eigenvalue weighted by molar-refractivity contribution is 0.0145. The van der Waals surface area contributed by atoms with Gasteiger partial charge in [-0.05, 0) is 81.6 Å². The van der Waals surface area contributed by atoms with Crippen molar-refractivity contribution in [2.24, 2.45) is 5.92 Å². The highest BCUT2D eigenvalue weighted by molar-refractivity contribution is 5.87. The quantitative estimate of drug-likeness (QED) is 0.337. The Bertz CT molecular complexity index is 1390. The van der Waals surface area contributed by atoms with Crippen LogP contribution in [0.3, 0.4) is 0 Å². The molecule has 0 amide bonds. The molecule has 38 heavy (non-hydrogen) atoms. The first-order chi connectivity index (χ1) is 18.5. The molecule has 0 spiro atoms. The molecule has 1 aliphatic heterocycles.